The lowest BCUT2D eigenvalue weighted by molar-refractivity contribution is -0.116. The largest absolute Gasteiger partial charge is 0.493 e. The minimum atomic E-state index is -0.187. The molecule has 0 spiro atoms. The van der Waals surface area contributed by atoms with Gasteiger partial charge in [0.15, 0.2) is 0 Å². The van der Waals surface area contributed by atoms with Crippen molar-refractivity contribution >= 4 is 17.5 Å². The van der Waals surface area contributed by atoms with Crippen LogP contribution in [-0.4, -0.2) is 43.0 Å². The van der Waals surface area contributed by atoms with Gasteiger partial charge in [0.2, 0.25) is 5.91 Å². The number of carbonyl (C=O) groups excluding carboxylic acids is 2. The van der Waals surface area contributed by atoms with Crippen molar-refractivity contribution in [2.24, 2.45) is 5.92 Å². The third-order valence-electron chi connectivity index (χ3n) is 5.68. The van der Waals surface area contributed by atoms with Gasteiger partial charge in [-0.05, 0) is 68.5 Å². The fourth-order valence-corrected chi connectivity index (χ4v) is 4.09. The van der Waals surface area contributed by atoms with Gasteiger partial charge >= 0.3 is 0 Å². The molecule has 2 amide bonds. The normalized spacial score (nSPS) is 16.4. The second-order valence-corrected chi connectivity index (χ2v) is 8.52. The van der Waals surface area contributed by atoms with E-state index in [4.69, 9.17) is 4.74 Å². The minimum Gasteiger partial charge on any atom is -0.493 e. The Morgan fingerprint density at radius 2 is 1.91 bits per heavy atom. The Hall–Kier alpha value is -2.86. The van der Waals surface area contributed by atoms with Crippen LogP contribution in [0.5, 0.6) is 5.75 Å². The van der Waals surface area contributed by atoms with Gasteiger partial charge in [-0.25, -0.2) is 0 Å². The highest BCUT2D eigenvalue weighted by Crippen LogP contribution is 2.19. The van der Waals surface area contributed by atoms with Crippen LogP contribution in [0.1, 0.15) is 55.5 Å². The monoisotopic (exact) mass is 437 g/mol. The smallest absolute Gasteiger partial charge is 0.255 e. The Morgan fingerprint density at radius 1 is 1.12 bits per heavy atom. The van der Waals surface area contributed by atoms with Gasteiger partial charge in [-0.3, -0.25) is 14.5 Å². The number of hydrogen-bond acceptors (Lipinski definition) is 4. The average molecular weight is 438 g/mol. The Balaban J connectivity index is 1.37. The molecule has 0 radical (unpaired) electrons. The van der Waals surface area contributed by atoms with E-state index in [1.807, 2.05) is 31.2 Å². The van der Waals surface area contributed by atoms with Gasteiger partial charge in [-0.15, -0.1) is 0 Å². The molecular weight excluding hydrogens is 402 g/mol. The number of hydrogen-bond donors (Lipinski definition) is 2. The lowest BCUT2D eigenvalue weighted by atomic mass is 10.00. The molecule has 1 atom stereocenters. The van der Waals surface area contributed by atoms with Crippen molar-refractivity contribution in [3.05, 3.63) is 59.7 Å². The van der Waals surface area contributed by atoms with Gasteiger partial charge in [0.1, 0.15) is 5.75 Å². The van der Waals surface area contributed by atoms with E-state index < -0.39 is 0 Å². The van der Waals surface area contributed by atoms with Crippen LogP contribution in [0.2, 0.25) is 0 Å². The molecule has 1 fully saturated rings. The Morgan fingerprint density at radius 3 is 2.66 bits per heavy atom. The molecule has 1 aliphatic rings. The Kier molecular flexibility index (Phi) is 9.11. The molecule has 0 bridgehead atoms. The van der Waals surface area contributed by atoms with Crippen molar-refractivity contribution < 1.29 is 14.3 Å². The number of para-hydroxylation sites is 1. The lowest BCUT2D eigenvalue weighted by Crippen LogP contribution is -2.33. The van der Waals surface area contributed by atoms with Crippen LogP contribution in [0.4, 0.5) is 5.69 Å². The maximum Gasteiger partial charge on any atom is 0.255 e. The number of likely N-dealkylation sites (tertiary alicyclic amines) is 1. The zero-order chi connectivity index (χ0) is 22.8. The van der Waals surface area contributed by atoms with Crippen molar-refractivity contribution in [1.82, 2.24) is 10.2 Å². The van der Waals surface area contributed by atoms with Gasteiger partial charge in [0, 0.05) is 31.7 Å². The van der Waals surface area contributed by atoms with Gasteiger partial charge in [-0.2, -0.15) is 0 Å². The summed E-state index contributed by atoms with van der Waals surface area (Å²) in [7, 11) is 0. The standard InChI is InChI=1S/C26H35N3O3/c1-3-32-24-10-5-4-9-23(24)26(31)27-16-6-11-25(30)28-22-14-12-21(13-15-22)19-29-17-7-8-20(2)18-29/h4-5,9-10,12-15,20H,3,6-8,11,16-19H2,1-2H3,(H,27,31)(H,28,30). The first-order chi connectivity index (χ1) is 15.5. The highest BCUT2D eigenvalue weighted by atomic mass is 16.5. The predicted octanol–water partition coefficient (Wildman–Crippen LogP) is 4.47. The summed E-state index contributed by atoms with van der Waals surface area (Å²) in [6, 6.07) is 15.3. The third-order valence-corrected chi connectivity index (χ3v) is 5.68. The minimum absolute atomic E-state index is 0.0495. The highest BCUT2D eigenvalue weighted by Gasteiger charge is 2.16. The molecule has 32 heavy (non-hydrogen) atoms. The molecule has 1 unspecified atom stereocenters. The summed E-state index contributed by atoms with van der Waals surface area (Å²) in [5.41, 5.74) is 2.59. The summed E-state index contributed by atoms with van der Waals surface area (Å²) < 4.78 is 5.50. The first kappa shape index (κ1) is 23.8. The average Bonchev–Trinajstić information content (AvgIpc) is 2.78. The first-order valence-electron chi connectivity index (χ1n) is 11.7. The predicted molar refractivity (Wildman–Crippen MR) is 128 cm³/mol. The number of anilines is 1. The SMILES string of the molecule is CCOc1ccccc1C(=O)NCCCC(=O)Nc1ccc(CN2CCCC(C)C2)cc1. The maximum atomic E-state index is 12.4. The number of ether oxygens (including phenoxy) is 1. The summed E-state index contributed by atoms with van der Waals surface area (Å²) in [5, 5.41) is 5.80. The van der Waals surface area contributed by atoms with Crippen LogP contribution in [0.25, 0.3) is 0 Å². The second-order valence-electron chi connectivity index (χ2n) is 8.52. The van der Waals surface area contributed by atoms with Crippen molar-refractivity contribution in [2.45, 2.75) is 46.1 Å². The quantitative estimate of drug-likeness (QED) is 0.538. The molecule has 0 saturated carbocycles. The van der Waals surface area contributed by atoms with E-state index in [1.54, 1.807) is 12.1 Å². The van der Waals surface area contributed by atoms with E-state index in [0.29, 0.717) is 37.3 Å². The third kappa shape index (κ3) is 7.38. The molecule has 1 heterocycles. The van der Waals surface area contributed by atoms with E-state index in [0.717, 1.165) is 31.2 Å². The number of nitrogens with one attached hydrogen (secondary N) is 2. The highest BCUT2D eigenvalue weighted by molar-refractivity contribution is 5.97. The van der Waals surface area contributed by atoms with Crippen molar-refractivity contribution in [2.75, 3.05) is 31.6 Å². The topological polar surface area (TPSA) is 70.7 Å². The number of piperidine rings is 1. The van der Waals surface area contributed by atoms with E-state index in [9.17, 15) is 9.59 Å². The van der Waals surface area contributed by atoms with Crippen LogP contribution in [0.3, 0.4) is 0 Å². The van der Waals surface area contributed by atoms with Crippen LogP contribution >= 0.6 is 0 Å². The van der Waals surface area contributed by atoms with Crippen LogP contribution in [0.15, 0.2) is 48.5 Å². The number of amides is 2. The fourth-order valence-electron chi connectivity index (χ4n) is 4.09. The Labute approximate surface area is 191 Å². The summed E-state index contributed by atoms with van der Waals surface area (Å²) in [5.74, 6) is 1.11. The summed E-state index contributed by atoms with van der Waals surface area (Å²) >= 11 is 0. The molecular formula is C26H35N3O3. The molecule has 6 nitrogen and oxygen atoms in total. The molecule has 6 heteroatoms. The molecule has 0 aromatic heterocycles. The fraction of sp³-hybridized carbons (Fsp3) is 0.462. The van der Waals surface area contributed by atoms with Crippen molar-refractivity contribution in [3.8, 4) is 5.75 Å². The number of carbonyl (C=O) groups is 2. The van der Waals surface area contributed by atoms with Crippen LogP contribution in [-0.2, 0) is 11.3 Å². The molecule has 3 rings (SSSR count). The molecule has 2 aromatic carbocycles. The van der Waals surface area contributed by atoms with E-state index in [2.05, 4.69) is 34.6 Å². The summed E-state index contributed by atoms with van der Waals surface area (Å²) in [4.78, 5) is 27.1. The molecule has 2 N–H and O–H groups in total. The molecule has 1 aliphatic heterocycles. The number of rotatable bonds is 10. The first-order valence-corrected chi connectivity index (χ1v) is 11.7. The van der Waals surface area contributed by atoms with E-state index in [-0.39, 0.29) is 11.8 Å². The van der Waals surface area contributed by atoms with Crippen molar-refractivity contribution in [3.63, 3.8) is 0 Å². The molecule has 2 aromatic rings. The second kappa shape index (κ2) is 12.2. The van der Waals surface area contributed by atoms with Gasteiger partial charge in [0.25, 0.3) is 5.91 Å². The number of nitrogens with zero attached hydrogens (tertiary/aromatic N) is 1. The van der Waals surface area contributed by atoms with Crippen LogP contribution < -0.4 is 15.4 Å². The van der Waals surface area contributed by atoms with Crippen molar-refractivity contribution in [1.29, 1.82) is 0 Å². The zero-order valence-corrected chi connectivity index (χ0v) is 19.2. The van der Waals surface area contributed by atoms with Gasteiger partial charge < -0.3 is 15.4 Å². The summed E-state index contributed by atoms with van der Waals surface area (Å²) in [6.07, 6.45) is 3.51. The van der Waals surface area contributed by atoms with Gasteiger partial charge in [0.05, 0.1) is 12.2 Å². The van der Waals surface area contributed by atoms with Crippen LogP contribution in [0, 0.1) is 5.92 Å². The molecule has 172 valence electrons. The lowest BCUT2D eigenvalue weighted by Gasteiger charge is -2.30. The number of benzene rings is 2. The zero-order valence-electron chi connectivity index (χ0n) is 19.2. The molecule has 1 saturated heterocycles. The van der Waals surface area contributed by atoms with Gasteiger partial charge in [-0.1, -0.05) is 31.2 Å². The molecule has 0 aliphatic carbocycles. The summed E-state index contributed by atoms with van der Waals surface area (Å²) in [6.45, 7) is 8.42. The van der Waals surface area contributed by atoms with E-state index in [1.165, 1.54) is 18.4 Å². The Bertz CT molecular complexity index is 882. The van der Waals surface area contributed by atoms with E-state index >= 15 is 0 Å². The maximum absolute atomic E-state index is 12.4.